The Kier molecular flexibility index (Phi) is 10.0. The summed E-state index contributed by atoms with van der Waals surface area (Å²) < 4.78 is 72.9. The van der Waals surface area contributed by atoms with Gasteiger partial charge in [0.15, 0.2) is 17.5 Å². The second-order valence-corrected chi connectivity index (χ2v) is 10.2. The topological polar surface area (TPSA) is 103 Å². The Balaban J connectivity index is 0.000000197. The molecule has 1 saturated heterocycles. The zero-order valence-corrected chi connectivity index (χ0v) is 23.9. The van der Waals surface area contributed by atoms with Gasteiger partial charge >= 0.3 is 12.2 Å². The van der Waals surface area contributed by atoms with E-state index in [9.17, 15) is 26.7 Å². The molecule has 5 rings (SSSR count). The van der Waals surface area contributed by atoms with Crippen LogP contribution in [0.15, 0.2) is 60.9 Å². The number of para-hydroxylation sites is 1. The van der Waals surface area contributed by atoms with E-state index < -0.39 is 36.5 Å². The number of methoxy groups -OCH3 is 1. The molecule has 230 valence electrons. The van der Waals surface area contributed by atoms with Crippen molar-refractivity contribution in [2.45, 2.75) is 24.6 Å². The molecule has 43 heavy (non-hydrogen) atoms. The van der Waals surface area contributed by atoms with E-state index in [4.69, 9.17) is 17.3 Å². The van der Waals surface area contributed by atoms with Gasteiger partial charge in [-0.15, -0.1) is 0 Å². The Bertz CT molecular complexity index is 1540. The lowest BCUT2D eigenvalue weighted by Crippen LogP contribution is -2.47. The van der Waals surface area contributed by atoms with E-state index in [1.165, 1.54) is 22.8 Å². The van der Waals surface area contributed by atoms with Gasteiger partial charge in [-0.3, -0.25) is 14.9 Å². The number of anilines is 1. The number of urea groups is 1. The molecule has 9 nitrogen and oxygen atoms in total. The molecule has 0 spiro atoms. The lowest BCUT2D eigenvalue weighted by atomic mass is 9.98. The van der Waals surface area contributed by atoms with Gasteiger partial charge in [-0.1, -0.05) is 35.9 Å². The van der Waals surface area contributed by atoms with Crippen LogP contribution in [0.1, 0.15) is 17.9 Å². The highest BCUT2D eigenvalue weighted by molar-refractivity contribution is 6.36. The number of nitrogens with one attached hydrogen (secondary N) is 1. The SMILES string of the molecule is COCC(N1CCC(c2ccc(F)c(F)c2)C1)C(F)(F)F.Cn1cc(-c2nn(-c3ccccc3)c(NC(N)=O)c2Cl)cn1. The number of halogens is 6. The normalized spacial score (nSPS) is 16.0. The Morgan fingerprint density at radius 3 is 2.49 bits per heavy atom. The number of hydrogen-bond donors (Lipinski definition) is 2. The summed E-state index contributed by atoms with van der Waals surface area (Å²) in [5.74, 6) is -1.85. The van der Waals surface area contributed by atoms with E-state index >= 15 is 0 Å². The molecule has 0 aliphatic carbocycles. The van der Waals surface area contributed by atoms with Gasteiger partial charge in [0, 0.05) is 32.5 Å². The molecule has 4 aromatic rings. The number of aryl methyl sites for hydroxylation is 1. The molecule has 2 unspecified atom stereocenters. The van der Waals surface area contributed by atoms with Crippen LogP contribution in [0.2, 0.25) is 5.02 Å². The molecule has 2 aromatic carbocycles. The number of carbonyl (C=O) groups excluding carboxylic acids is 1. The van der Waals surface area contributed by atoms with Crippen molar-refractivity contribution in [2.24, 2.45) is 12.8 Å². The number of amides is 2. The minimum absolute atomic E-state index is 0.151. The first-order chi connectivity index (χ1) is 20.4. The van der Waals surface area contributed by atoms with Crippen LogP contribution in [0, 0.1) is 11.6 Å². The van der Waals surface area contributed by atoms with Crippen molar-refractivity contribution in [1.29, 1.82) is 0 Å². The number of likely N-dealkylation sites (tertiary alicyclic amines) is 1. The number of carbonyl (C=O) groups is 1. The number of aromatic nitrogens is 4. The summed E-state index contributed by atoms with van der Waals surface area (Å²) in [6.45, 7) is -0.0379. The average Bonchev–Trinajstić information content (AvgIpc) is 3.69. The molecule has 1 aliphatic heterocycles. The smallest absolute Gasteiger partial charge is 0.383 e. The summed E-state index contributed by atoms with van der Waals surface area (Å²) in [5.41, 5.74) is 7.76. The summed E-state index contributed by atoms with van der Waals surface area (Å²) in [7, 11) is 3.02. The predicted octanol–water partition coefficient (Wildman–Crippen LogP) is 5.75. The van der Waals surface area contributed by atoms with E-state index in [1.807, 2.05) is 30.3 Å². The largest absolute Gasteiger partial charge is 0.406 e. The highest BCUT2D eigenvalue weighted by Crippen LogP contribution is 2.36. The van der Waals surface area contributed by atoms with Crippen LogP contribution < -0.4 is 11.1 Å². The number of hydrogen-bond acceptors (Lipinski definition) is 5. The summed E-state index contributed by atoms with van der Waals surface area (Å²) in [6, 6.07) is 10.4. The third-order valence-corrected chi connectivity index (χ3v) is 7.18. The molecule has 2 amide bonds. The van der Waals surface area contributed by atoms with E-state index in [2.05, 4.69) is 20.3 Å². The average molecular weight is 626 g/mol. The number of alkyl halides is 3. The number of ether oxygens (including phenoxy) is 1. The second-order valence-electron chi connectivity index (χ2n) is 9.82. The number of nitrogens with zero attached hydrogens (tertiary/aromatic N) is 5. The van der Waals surface area contributed by atoms with Crippen LogP contribution in [0.5, 0.6) is 0 Å². The Morgan fingerprint density at radius 1 is 1.19 bits per heavy atom. The third kappa shape index (κ3) is 7.69. The van der Waals surface area contributed by atoms with Gasteiger partial charge in [0.25, 0.3) is 0 Å². The van der Waals surface area contributed by atoms with Gasteiger partial charge in [0.1, 0.15) is 16.8 Å². The summed E-state index contributed by atoms with van der Waals surface area (Å²) in [6.07, 6.45) is -0.463. The van der Waals surface area contributed by atoms with E-state index in [0.29, 0.717) is 28.5 Å². The minimum Gasteiger partial charge on any atom is -0.383 e. The zero-order valence-electron chi connectivity index (χ0n) is 23.2. The first-order valence-electron chi connectivity index (χ1n) is 13.0. The fourth-order valence-electron chi connectivity index (χ4n) is 4.78. The molecule has 1 fully saturated rings. The van der Waals surface area contributed by atoms with Crippen molar-refractivity contribution < 1.29 is 31.5 Å². The first kappa shape index (κ1) is 31.9. The molecule has 0 bridgehead atoms. The maximum absolute atomic E-state index is 13.2. The highest BCUT2D eigenvalue weighted by Gasteiger charge is 2.45. The maximum Gasteiger partial charge on any atom is 0.406 e. The van der Waals surface area contributed by atoms with E-state index in [-0.39, 0.29) is 19.0 Å². The fraction of sp³-hybridized carbons (Fsp3) is 0.321. The van der Waals surface area contributed by atoms with Crippen molar-refractivity contribution in [3.05, 3.63) is 83.1 Å². The summed E-state index contributed by atoms with van der Waals surface area (Å²) >= 11 is 6.38. The molecule has 2 atom stereocenters. The summed E-state index contributed by atoms with van der Waals surface area (Å²) in [4.78, 5) is 12.5. The zero-order chi connectivity index (χ0) is 31.3. The van der Waals surface area contributed by atoms with Crippen LogP contribution in [-0.4, -0.2) is 69.5 Å². The van der Waals surface area contributed by atoms with Gasteiger partial charge in [-0.05, 0) is 48.7 Å². The monoisotopic (exact) mass is 625 g/mol. The lowest BCUT2D eigenvalue weighted by molar-refractivity contribution is -0.192. The van der Waals surface area contributed by atoms with Crippen molar-refractivity contribution in [3.63, 3.8) is 0 Å². The molecule has 0 saturated carbocycles. The van der Waals surface area contributed by atoms with Gasteiger partial charge < -0.3 is 10.5 Å². The number of primary amides is 1. The van der Waals surface area contributed by atoms with Crippen LogP contribution >= 0.6 is 11.6 Å². The maximum atomic E-state index is 13.2. The van der Waals surface area contributed by atoms with E-state index in [0.717, 1.165) is 23.4 Å². The van der Waals surface area contributed by atoms with Crippen molar-refractivity contribution in [2.75, 3.05) is 32.1 Å². The van der Waals surface area contributed by atoms with Crippen molar-refractivity contribution >= 4 is 23.4 Å². The van der Waals surface area contributed by atoms with Crippen molar-refractivity contribution in [1.82, 2.24) is 24.5 Å². The van der Waals surface area contributed by atoms with Gasteiger partial charge in [-0.2, -0.15) is 23.4 Å². The Labute approximate surface area is 249 Å². The van der Waals surface area contributed by atoms with Crippen molar-refractivity contribution in [3.8, 4) is 16.9 Å². The Morgan fingerprint density at radius 2 is 1.91 bits per heavy atom. The quantitative estimate of drug-likeness (QED) is 0.255. The van der Waals surface area contributed by atoms with Gasteiger partial charge in [0.2, 0.25) is 0 Å². The number of nitrogens with two attached hydrogens (primary N) is 1. The predicted molar refractivity (Wildman–Crippen MR) is 151 cm³/mol. The van der Waals surface area contributed by atoms with E-state index in [1.54, 1.807) is 24.1 Å². The first-order valence-corrected chi connectivity index (χ1v) is 13.4. The molecule has 1 aliphatic rings. The summed E-state index contributed by atoms with van der Waals surface area (Å²) in [5, 5.41) is 11.4. The fourth-order valence-corrected chi connectivity index (χ4v) is 5.06. The molecule has 2 aromatic heterocycles. The third-order valence-electron chi connectivity index (χ3n) is 6.83. The second kappa shape index (κ2) is 13.5. The van der Waals surface area contributed by atoms with Gasteiger partial charge in [-0.25, -0.2) is 18.3 Å². The van der Waals surface area contributed by atoms with Crippen LogP contribution in [0.3, 0.4) is 0 Å². The van der Waals surface area contributed by atoms with Gasteiger partial charge in [0.05, 0.1) is 18.5 Å². The molecular formula is C28H29ClF5N7O2. The van der Waals surface area contributed by atoms with Crippen LogP contribution in [0.4, 0.5) is 32.6 Å². The standard InChI is InChI=1S/C14H13ClN6O.C14H16F5NO/c1-20-8-9(7-17-20)12-11(15)13(18-14(16)22)21(19-12)10-5-3-2-4-6-10;1-21-8-13(14(17,18)19)20-5-4-10(7-20)9-2-3-11(15)12(16)6-9/h2-8H,1H3,(H3,16,18,22);2-3,6,10,13H,4-5,7-8H2,1H3. The molecular weight excluding hydrogens is 597 g/mol. The number of benzene rings is 2. The Hall–Kier alpha value is -4.01. The molecule has 0 radical (unpaired) electrons. The molecule has 15 heteroatoms. The van der Waals surface area contributed by atoms with Crippen LogP contribution in [0.25, 0.3) is 16.9 Å². The van der Waals surface area contributed by atoms with Crippen LogP contribution in [-0.2, 0) is 11.8 Å². The lowest BCUT2D eigenvalue weighted by Gasteiger charge is -2.29. The molecule has 3 N–H and O–H groups in total. The molecule has 3 heterocycles. The highest BCUT2D eigenvalue weighted by atomic mass is 35.5. The minimum atomic E-state index is -4.38. The number of rotatable bonds is 7.